The molecule has 1 heterocycles. The van der Waals surface area contributed by atoms with Crippen LogP contribution in [0.2, 0.25) is 0 Å². The molecule has 8 nitrogen and oxygen atoms in total. The molecule has 1 aliphatic rings. The molecule has 0 aliphatic carbocycles. The second-order valence-electron chi connectivity index (χ2n) is 6.65. The zero-order chi connectivity index (χ0) is 17.9. The van der Waals surface area contributed by atoms with Gasteiger partial charge in [0, 0.05) is 19.2 Å². The summed E-state index contributed by atoms with van der Waals surface area (Å²) in [6, 6.07) is 6.15. The highest BCUT2D eigenvalue weighted by molar-refractivity contribution is 5.69. The molecule has 0 aromatic heterocycles. The Hall–Kier alpha value is -2.82. The summed E-state index contributed by atoms with van der Waals surface area (Å²) in [7, 11) is 0. The lowest BCUT2D eigenvalue weighted by atomic mass is 10.1. The molecule has 2 rings (SSSR count). The SMILES string of the molecule is CC(C)(C)OC(=O)NC1CCN(c2ccc(C#N)cc2[N+](=O)[O-])C1. The lowest BCUT2D eigenvalue weighted by Gasteiger charge is -2.22. The van der Waals surface area contributed by atoms with Crippen LogP contribution < -0.4 is 10.2 Å². The number of nitriles is 1. The van der Waals surface area contributed by atoms with Gasteiger partial charge in [0.2, 0.25) is 0 Å². The van der Waals surface area contributed by atoms with Gasteiger partial charge in [-0.15, -0.1) is 0 Å². The number of hydrogen-bond acceptors (Lipinski definition) is 6. The lowest BCUT2D eigenvalue weighted by molar-refractivity contribution is -0.384. The molecule has 0 bridgehead atoms. The number of nitrogens with zero attached hydrogens (tertiary/aromatic N) is 3. The van der Waals surface area contributed by atoms with E-state index in [1.54, 1.807) is 32.9 Å². The van der Waals surface area contributed by atoms with Gasteiger partial charge in [0.1, 0.15) is 11.3 Å². The van der Waals surface area contributed by atoms with E-state index in [0.717, 1.165) is 0 Å². The molecule has 1 unspecified atom stereocenters. The van der Waals surface area contributed by atoms with Crippen LogP contribution in [0.4, 0.5) is 16.2 Å². The van der Waals surface area contributed by atoms with Gasteiger partial charge in [0.05, 0.1) is 22.6 Å². The van der Waals surface area contributed by atoms with E-state index >= 15 is 0 Å². The Labute approximate surface area is 140 Å². The third-order valence-electron chi connectivity index (χ3n) is 3.55. The molecular formula is C16H20N4O4. The molecule has 1 N–H and O–H groups in total. The van der Waals surface area contributed by atoms with Gasteiger partial charge in [-0.1, -0.05) is 0 Å². The predicted octanol–water partition coefficient (Wildman–Crippen LogP) is 2.57. The van der Waals surface area contributed by atoms with E-state index < -0.39 is 16.6 Å². The second-order valence-corrected chi connectivity index (χ2v) is 6.65. The van der Waals surface area contributed by atoms with Crippen molar-refractivity contribution in [3.63, 3.8) is 0 Å². The fourth-order valence-electron chi connectivity index (χ4n) is 2.58. The number of amides is 1. The first-order chi connectivity index (χ1) is 11.2. The van der Waals surface area contributed by atoms with E-state index in [4.69, 9.17) is 10.00 Å². The number of hydrogen-bond donors (Lipinski definition) is 1. The minimum atomic E-state index is -0.575. The molecule has 1 aliphatic heterocycles. The first-order valence-corrected chi connectivity index (χ1v) is 7.62. The van der Waals surface area contributed by atoms with E-state index in [0.29, 0.717) is 25.2 Å². The number of carbonyl (C=O) groups excluding carboxylic acids is 1. The molecule has 1 aromatic carbocycles. The summed E-state index contributed by atoms with van der Waals surface area (Å²) in [6.45, 7) is 6.38. The first-order valence-electron chi connectivity index (χ1n) is 7.62. The molecule has 0 saturated carbocycles. The maximum Gasteiger partial charge on any atom is 0.407 e. The molecule has 8 heteroatoms. The van der Waals surface area contributed by atoms with Crippen molar-refractivity contribution < 1.29 is 14.5 Å². The zero-order valence-electron chi connectivity index (χ0n) is 13.9. The van der Waals surface area contributed by atoms with Crippen molar-refractivity contribution >= 4 is 17.5 Å². The topological polar surface area (TPSA) is 108 Å². The highest BCUT2D eigenvalue weighted by atomic mass is 16.6. The van der Waals surface area contributed by atoms with Gasteiger partial charge in [-0.2, -0.15) is 5.26 Å². The summed E-state index contributed by atoms with van der Waals surface area (Å²) in [4.78, 5) is 24.4. The van der Waals surface area contributed by atoms with Crippen molar-refractivity contribution in [1.82, 2.24) is 5.32 Å². The standard InChI is InChI=1S/C16H20N4O4/c1-16(2,3)24-15(21)18-12-6-7-19(10-12)13-5-4-11(9-17)8-14(13)20(22)23/h4-5,8,12H,6-7,10H2,1-3H3,(H,18,21). The van der Waals surface area contributed by atoms with Crippen molar-refractivity contribution in [3.8, 4) is 6.07 Å². The molecule has 0 spiro atoms. The Morgan fingerprint density at radius 3 is 2.79 bits per heavy atom. The van der Waals surface area contributed by atoms with Gasteiger partial charge >= 0.3 is 6.09 Å². The van der Waals surface area contributed by atoms with Gasteiger partial charge in [0.25, 0.3) is 5.69 Å². The molecule has 1 atom stereocenters. The average Bonchev–Trinajstić information content (AvgIpc) is 2.92. The molecular weight excluding hydrogens is 312 g/mol. The highest BCUT2D eigenvalue weighted by Crippen LogP contribution is 2.31. The Bertz CT molecular complexity index is 690. The monoisotopic (exact) mass is 332 g/mol. The van der Waals surface area contributed by atoms with Crippen molar-refractivity contribution in [2.24, 2.45) is 0 Å². The summed E-state index contributed by atoms with van der Waals surface area (Å²) in [5, 5.41) is 22.9. The quantitative estimate of drug-likeness (QED) is 0.673. The van der Waals surface area contributed by atoms with Crippen LogP contribution in [-0.4, -0.2) is 35.7 Å². The Kier molecular flexibility index (Phi) is 4.93. The number of ether oxygens (including phenoxy) is 1. The minimum absolute atomic E-state index is 0.105. The molecule has 24 heavy (non-hydrogen) atoms. The van der Waals surface area contributed by atoms with Gasteiger partial charge in [-0.3, -0.25) is 10.1 Å². The Morgan fingerprint density at radius 1 is 1.50 bits per heavy atom. The summed E-state index contributed by atoms with van der Waals surface area (Å²) in [5.41, 5.74) is 0.0152. The Morgan fingerprint density at radius 2 is 2.21 bits per heavy atom. The smallest absolute Gasteiger partial charge is 0.407 e. The number of nitro groups is 1. The lowest BCUT2D eigenvalue weighted by Crippen LogP contribution is -2.40. The van der Waals surface area contributed by atoms with Crippen LogP contribution in [0.25, 0.3) is 0 Å². The van der Waals surface area contributed by atoms with Crippen LogP contribution in [0, 0.1) is 21.4 Å². The maximum atomic E-state index is 11.8. The van der Waals surface area contributed by atoms with E-state index in [1.807, 2.05) is 11.0 Å². The first kappa shape index (κ1) is 17.5. The summed E-state index contributed by atoms with van der Waals surface area (Å²) >= 11 is 0. The molecule has 1 amide bonds. The molecule has 1 aromatic rings. The molecule has 1 fully saturated rings. The fraction of sp³-hybridized carbons (Fsp3) is 0.500. The Balaban J connectivity index is 2.07. The number of rotatable bonds is 3. The van der Waals surface area contributed by atoms with Gasteiger partial charge in [-0.25, -0.2) is 4.79 Å². The van der Waals surface area contributed by atoms with Crippen LogP contribution in [0.1, 0.15) is 32.8 Å². The predicted molar refractivity (Wildman–Crippen MR) is 87.8 cm³/mol. The fourth-order valence-corrected chi connectivity index (χ4v) is 2.58. The number of nitro benzene ring substituents is 1. The number of carbonyl (C=O) groups is 1. The van der Waals surface area contributed by atoms with Gasteiger partial charge < -0.3 is 15.0 Å². The molecule has 0 radical (unpaired) electrons. The van der Waals surface area contributed by atoms with E-state index in [1.165, 1.54) is 6.07 Å². The van der Waals surface area contributed by atoms with Crippen LogP contribution in [0.5, 0.6) is 0 Å². The van der Waals surface area contributed by atoms with Crippen LogP contribution >= 0.6 is 0 Å². The van der Waals surface area contributed by atoms with Gasteiger partial charge in [0.15, 0.2) is 0 Å². The van der Waals surface area contributed by atoms with Gasteiger partial charge in [-0.05, 0) is 39.3 Å². The van der Waals surface area contributed by atoms with E-state index in [-0.39, 0.29) is 17.3 Å². The average molecular weight is 332 g/mol. The van der Waals surface area contributed by atoms with Crippen molar-refractivity contribution in [3.05, 3.63) is 33.9 Å². The summed E-state index contributed by atoms with van der Waals surface area (Å²) in [6.07, 6.45) is 0.166. The second kappa shape index (κ2) is 6.74. The minimum Gasteiger partial charge on any atom is -0.444 e. The number of nitrogens with one attached hydrogen (secondary N) is 1. The largest absolute Gasteiger partial charge is 0.444 e. The van der Waals surface area contributed by atoms with Crippen molar-refractivity contribution in [2.45, 2.75) is 38.8 Å². The summed E-state index contributed by atoms with van der Waals surface area (Å²) in [5.74, 6) is 0. The number of benzene rings is 1. The summed E-state index contributed by atoms with van der Waals surface area (Å²) < 4.78 is 5.22. The third kappa shape index (κ3) is 4.35. The number of alkyl carbamates (subject to hydrolysis) is 1. The van der Waals surface area contributed by atoms with Crippen molar-refractivity contribution in [2.75, 3.05) is 18.0 Å². The third-order valence-corrected chi connectivity index (χ3v) is 3.55. The number of anilines is 1. The highest BCUT2D eigenvalue weighted by Gasteiger charge is 2.29. The van der Waals surface area contributed by atoms with Crippen molar-refractivity contribution in [1.29, 1.82) is 5.26 Å². The van der Waals surface area contributed by atoms with Crippen LogP contribution in [0.15, 0.2) is 18.2 Å². The molecule has 128 valence electrons. The van der Waals surface area contributed by atoms with Crippen LogP contribution in [0.3, 0.4) is 0 Å². The normalized spacial score (nSPS) is 17.2. The zero-order valence-corrected chi connectivity index (χ0v) is 13.9. The molecule has 1 saturated heterocycles. The van der Waals surface area contributed by atoms with E-state index in [9.17, 15) is 14.9 Å². The van der Waals surface area contributed by atoms with E-state index in [2.05, 4.69) is 5.32 Å². The maximum absolute atomic E-state index is 11.8. The van der Waals surface area contributed by atoms with Crippen LogP contribution in [-0.2, 0) is 4.74 Å².